The van der Waals surface area contributed by atoms with E-state index in [1.807, 2.05) is 22.2 Å². The van der Waals surface area contributed by atoms with Gasteiger partial charge in [-0.25, -0.2) is 13.4 Å². The van der Waals surface area contributed by atoms with Crippen LogP contribution in [-0.4, -0.2) is 40.4 Å². The molecular formula is C12H14N2O4S2. The fourth-order valence-electron chi connectivity index (χ4n) is 2.70. The fourth-order valence-corrected chi connectivity index (χ4v) is 5.30. The topological polar surface area (TPSA) is 88.7 Å². The zero-order chi connectivity index (χ0) is 14.3. The lowest BCUT2D eigenvalue weighted by Crippen LogP contribution is -2.26. The Labute approximate surface area is 120 Å². The Morgan fingerprint density at radius 3 is 3.00 bits per heavy atom. The maximum absolute atomic E-state index is 11.5. The van der Waals surface area contributed by atoms with Crippen molar-refractivity contribution < 1.29 is 18.3 Å². The molecular weight excluding hydrogens is 300 g/mol. The lowest BCUT2D eigenvalue weighted by atomic mass is 9.88. The first kappa shape index (κ1) is 13.6. The minimum atomic E-state index is -3.07. The molecule has 0 spiro atoms. The van der Waals surface area contributed by atoms with E-state index in [1.54, 1.807) is 0 Å². The molecule has 3 rings (SSSR count). The van der Waals surface area contributed by atoms with Crippen LogP contribution in [0.15, 0.2) is 17.8 Å². The molecule has 1 aliphatic rings. The second-order valence-corrected chi connectivity index (χ2v) is 8.24. The van der Waals surface area contributed by atoms with Crippen molar-refractivity contribution in [3.63, 3.8) is 0 Å². The number of hydrogen-bond donors (Lipinski definition) is 1. The zero-order valence-electron chi connectivity index (χ0n) is 10.6. The van der Waals surface area contributed by atoms with Crippen LogP contribution in [0.4, 0.5) is 0 Å². The smallest absolute Gasteiger partial charge is 0.307 e. The molecule has 2 aromatic rings. The number of aromatic nitrogens is 2. The highest BCUT2D eigenvalue weighted by Gasteiger charge is 2.37. The highest BCUT2D eigenvalue weighted by atomic mass is 32.2. The third kappa shape index (κ3) is 2.57. The van der Waals surface area contributed by atoms with E-state index in [0.717, 1.165) is 4.96 Å². The molecule has 1 saturated heterocycles. The van der Waals surface area contributed by atoms with Gasteiger partial charge in [0.2, 0.25) is 0 Å². The van der Waals surface area contributed by atoms with Crippen molar-refractivity contribution in [2.24, 2.45) is 11.8 Å². The molecule has 2 atom stereocenters. The fraction of sp³-hybridized carbons (Fsp3) is 0.500. The second-order valence-electron chi connectivity index (χ2n) is 5.14. The average molecular weight is 314 g/mol. The van der Waals surface area contributed by atoms with Crippen molar-refractivity contribution in [3.8, 4) is 0 Å². The molecule has 0 bridgehead atoms. The summed E-state index contributed by atoms with van der Waals surface area (Å²) in [5, 5.41) is 11.3. The summed E-state index contributed by atoms with van der Waals surface area (Å²) in [5.74, 6) is -1.86. The van der Waals surface area contributed by atoms with E-state index in [2.05, 4.69) is 4.98 Å². The van der Waals surface area contributed by atoms with Gasteiger partial charge in [-0.2, -0.15) is 0 Å². The average Bonchev–Trinajstić information content (AvgIpc) is 2.99. The van der Waals surface area contributed by atoms with Gasteiger partial charge in [-0.1, -0.05) is 0 Å². The minimum absolute atomic E-state index is 0.0216. The van der Waals surface area contributed by atoms with Gasteiger partial charge >= 0.3 is 5.97 Å². The molecule has 2 unspecified atom stereocenters. The molecule has 108 valence electrons. The summed E-state index contributed by atoms with van der Waals surface area (Å²) in [6.07, 6.45) is 4.39. The molecule has 8 heteroatoms. The van der Waals surface area contributed by atoms with Crippen LogP contribution in [0.5, 0.6) is 0 Å². The molecule has 1 fully saturated rings. The number of carbonyl (C=O) groups is 1. The second kappa shape index (κ2) is 4.85. The largest absolute Gasteiger partial charge is 0.481 e. The summed E-state index contributed by atoms with van der Waals surface area (Å²) < 4.78 is 24.9. The Hall–Kier alpha value is -1.41. The first-order valence-corrected chi connectivity index (χ1v) is 8.99. The number of nitrogens with zero attached hydrogens (tertiary/aromatic N) is 2. The normalized spacial score (nSPS) is 23.1. The molecule has 0 aliphatic carbocycles. The number of fused-ring (bicyclic) bond motifs is 1. The van der Waals surface area contributed by atoms with Crippen molar-refractivity contribution in [2.45, 2.75) is 12.8 Å². The molecule has 20 heavy (non-hydrogen) atoms. The third-order valence-corrected chi connectivity index (χ3v) is 6.29. The van der Waals surface area contributed by atoms with E-state index in [9.17, 15) is 18.3 Å². The van der Waals surface area contributed by atoms with Crippen LogP contribution >= 0.6 is 11.3 Å². The van der Waals surface area contributed by atoms with Gasteiger partial charge in [0.1, 0.15) is 0 Å². The van der Waals surface area contributed by atoms with Gasteiger partial charge in [-0.05, 0) is 12.3 Å². The molecule has 3 heterocycles. The van der Waals surface area contributed by atoms with Crippen LogP contribution in [0.3, 0.4) is 0 Å². The molecule has 0 aromatic carbocycles. The van der Waals surface area contributed by atoms with Crippen LogP contribution in [-0.2, 0) is 21.1 Å². The first-order chi connectivity index (χ1) is 9.44. The maximum Gasteiger partial charge on any atom is 0.307 e. The van der Waals surface area contributed by atoms with Gasteiger partial charge in [-0.15, -0.1) is 11.3 Å². The monoisotopic (exact) mass is 314 g/mol. The summed E-state index contributed by atoms with van der Waals surface area (Å²) in [6.45, 7) is 0. The number of carboxylic acid groups (broad SMARTS) is 1. The molecule has 1 aliphatic heterocycles. The quantitative estimate of drug-likeness (QED) is 0.912. The summed E-state index contributed by atoms with van der Waals surface area (Å²) in [5.41, 5.74) is 0.702. The maximum atomic E-state index is 11.5. The standard InChI is InChI=1S/C12H14N2O4S2/c15-11(16)10(8-1-4-20(17,18)7-8)5-9-6-14-2-3-19-12(14)13-9/h2-3,6,8,10H,1,4-5,7H2,(H,15,16). The van der Waals surface area contributed by atoms with Crippen LogP contribution < -0.4 is 0 Å². The Balaban J connectivity index is 1.81. The molecule has 2 aromatic heterocycles. The van der Waals surface area contributed by atoms with Crippen molar-refractivity contribution in [2.75, 3.05) is 11.5 Å². The lowest BCUT2D eigenvalue weighted by molar-refractivity contribution is -0.143. The Kier molecular flexibility index (Phi) is 3.29. The van der Waals surface area contributed by atoms with Gasteiger partial charge in [0.25, 0.3) is 0 Å². The number of carboxylic acids is 1. The van der Waals surface area contributed by atoms with Gasteiger partial charge in [0.15, 0.2) is 14.8 Å². The Morgan fingerprint density at radius 2 is 2.40 bits per heavy atom. The van der Waals surface area contributed by atoms with Crippen LogP contribution in [0.2, 0.25) is 0 Å². The van der Waals surface area contributed by atoms with Gasteiger partial charge in [-0.3, -0.25) is 9.20 Å². The molecule has 0 radical (unpaired) electrons. The lowest BCUT2D eigenvalue weighted by Gasteiger charge is -2.16. The number of imidazole rings is 1. The summed E-state index contributed by atoms with van der Waals surface area (Å²) in [6, 6.07) is 0. The minimum Gasteiger partial charge on any atom is -0.481 e. The van der Waals surface area contributed by atoms with Crippen molar-refractivity contribution >= 4 is 32.1 Å². The van der Waals surface area contributed by atoms with Crippen molar-refractivity contribution in [3.05, 3.63) is 23.5 Å². The number of rotatable bonds is 4. The third-order valence-electron chi connectivity index (χ3n) is 3.73. The van der Waals surface area contributed by atoms with Crippen LogP contribution in [0, 0.1) is 11.8 Å². The van der Waals surface area contributed by atoms with Gasteiger partial charge in [0.05, 0.1) is 23.1 Å². The molecule has 1 N–H and O–H groups in total. The number of aliphatic carboxylic acids is 1. The van der Waals surface area contributed by atoms with Gasteiger partial charge in [0, 0.05) is 24.2 Å². The first-order valence-electron chi connectivity index (χ1n) is 6.29. The van der Waals surface area contributed by atoms with E-state index in [-0.39, 0.29) is 23.8 Å². The predicted octanol–water partition coefficient (Wildman–Crippen LogP) is 1.07. The van der Waals surface area contributed by atoms with E-state index in [0.29, 0.717) is 12.1 Å². The van der Waals surface area contributed by atoms with Crippen LogP contribution in [0.1, 0.15) is 12.1 Å². The van der Waals surface area contributed by atoms with Crippen LogP contribution in [0.25, 0.3) is 4.96 Å². The summed E-state index contributed by atoms with van der Waals surface area (Å²) in [4.78, 5) is 16.6. The summed E-state index contributed by atoms with van der Waals surface area (Å²) in [7, 11) is -3.07. The number of sulfone groups is 1. The van der Waals surface area contributed by atoms with Crippen molar-refractivity contribution in [1.82, 2.24) is 9.38 Å². The van der Waals surface area contributed by atoms with E-state index in [1.165, 1.54) is 11.3 Å². The Bertz CT molecular complexity index is 718. The Morgan fingerprint density at radius 1 is 1.60 bits per heavy atom. The summed E-state index contributed by atoms with van der Waals surface area (Å²) >= 11 is 1.48. The van der Waals surface area contributed by atoms with E-state index >= 15 is 0 Å². The van der Waals surface area contributed by atoms with E-state index < -0.39 is 21.7 Å². The highest BCUT2D eigenvalue weighted by molar-refractivity contribution is 7.91. The molecule has 0 amide bonds. The molecule has 6 nitrogen and oxygen atoms in total. The number of hydrogen-bond acceptors (Lipinski definition) is 5. The SMILES string of the molecule is O=C(O)C(Cc1cn2ccsc2n1)C1CCS(=O)(=O)C1. The van der Waals surface area contributed by atoms with Gasteiger partial charge < -0.3 is 5.11 Å². The number of thiazole rings is 1. The highest BCUT2D eigenvalue weighted by Crippen LogP contribution is 2.29. The molecule has 0 saturated carbocycles. The predicted molar refractivity (Wildman–Crippen MR) is 74.7 cm³/mol. The zero-order valence-corrected chi connectivity index (χ0v) is 12.2. The van der Waals surface area contributed by atoms with E-state index in [4.69, 9.17) is 0 Å². The van der Waals surface area contributed by atoms with Crippen molar-refractivity contribution in [1.29, 1.82) is 0 Å².